The highest BCUT2D eigenvalue weighted by molar-refractivity contribution is 6.04. The second-order valence-corrected chi connectivity index (χ2v) is 8.11. The predicted molar refractivity (Wildman–Crippen MR) is 128 cm³/mol. The molecule has 34 heavy (non-hydrogen) atoms. The third-order valence-electron chi connectivity index (χ3n) is 5.88. The smallest absolute Gasteiger partial charge is 0.346 e. The van der Waals surface area contributed by atoms with Crippen LogP contribution in [0.3, 0.4) is 0 Å². The van der Waals surface area contributed by atoms with Gasteiger partial charge in [0, 0.05) is 12.2 Å². The Morgan fingerprint density at radius 1 is 1.09 bits per heavy atom. The van der Waals surface area contributed by atoms with Gasteiger partial charge in [-0.15, -0.1) is 4.73 Å². The summed E-state index contributed by atoms with van der Waals surface area (Å²) in [5, 5.41) is 3.94. The zero-order chi connectivity index (χ0) is 23.5. The Kier molecular flexibility index (Phi) is 5.95. The summed E-state index contributed by atoms with van der Waals surface area (Å²) in [6, 6.07) is 17.7. The Labute approximate surface area is 196 Å². The highest BCUT2D eigenvalue weighted by atomic mass is 16.7. The number of nitrogens with zero attached hydrogens (tertiary/aromatic N) is 3. The first kappa shape index (κ1) is 21.6. The standard InChI is InChI=1S/C26H24N4O4/c1-2-33-26(32)22-23(29-20-12-18-10-6-7-11-19(18)13-20)21-14-27-16-28-24(21)30(25(22)31)34-15-17-8-4-3-5-9-17/h3-11,14,16,20,29H,2,12-13,15H2,1H3. The molecule has 2 aromatic carbocycles. The fraction of sp³-hybridized carbons (Fsp3) is 0.231. The van der Waals surface area contributed by atoms with Crippen molar-refractivity contribution in [2.45, 2.75) is 32.4 Å². The number of carbonyl (C=O) groups excluding carboxylic acids is 1. The van der Waals surface area contributed by atoms with Gasteiger partial charge in [-0.3, -0.25) is 4.79 Å². The molecule has 0 radical (unpaired) electrons. The number of aromatic nitrogens is 3. The van der Waals surface area contributed by atoms with Gasteiger partial charge in [-0.2, -0.15) is 0 Å². The predicted octanol–water partition coefficient (Wildman–Crippen LogP) is 3.18. The maximum atomic E-state index is 13.6. The third kappa shape index (κ3) is 4.10. The molecule has 5 rings (SSSR count). The first-order valence-electron chi connectivity index (χ1n) is 11.2. The molecule has 0 fully saturated rings. The van der Waals surface area contributed by atoms with Gasteiger partial charge in [0.25, 0.3) is 0 Å². The maximum Gasteiger partial charge on any atom is 0.346 e. The number of nitrogens with one attached hydrogen (secondary N) is 1. The summed E-state index contributed by atoms with van der Waals surface area (Å²) in [6.07, 6.45) is 4.49. The number of esters is 1. The summed E-state index contributed by atoms with van der Waals surface area (Å²) in [7, 11) is 0. The second kappa shape index (κ2) is 9.35. The van der Waals surface area contributed by atoms with Gasteiger partial charge in [-0.1, -0.05) is 54.6 Å². The molecule has 0 spiro atoms. The maximum absolute atomic E-state index is 13.6. The average Bonchev–Trinajstić information content (AvgIpc) is 3.27. The molecule has 0 saturated carbocycles. The van der Waals surface area contributed by atoms with E-state index in [0.29, 0.717) is 11.1 Å². The van der Waals surface area contributed by atoms with Crippen molar-refractivity contribution in [2.24, 2.45) is 0 Å². The lowest BCUT2D eigenvalue weighted by molar-refractivity contribution is 0.0513. The van der Waals surface area contributed by atoms with E-state index in [4.69, 9.17) is 9.57 Å². The van der Waals surface area contributed by atoms with Crippen LogP contribution in [-0.2, 0) is 24.2 Å². The molecule has 0 aliphatic heterocycles. The summed E-state index contributed by atoms with van der Waals surface area (Å²) in [6.45, 7) is 1.97. The number of benzene rings is 2. The van der Waals surface area contributed by atoms with Gasteiger partial charge in [0.1, 0.15) is 12.9 Å². The van der Waals surface area contributed by atoms with Gasteiger partial charge in [-0.05, 0) is 36.5 Å². The molecule has 0 saturated heterocycles. The van der Waals surface area contributed by atoms with Crippen LogP contribution in [0, 0.1) is 0 Å². The zero-order valence-electron chi connectivity index (χ0n) is 18.7. The van der Waals surface area contributed by atoms with Crippen molar-refractivity contribution in [2.75, 3.05) is 11.9 Å². The van der Waals surface area contributed by atoms with E-state index in [1.807, 2.05) is 42.5 Å². The van der Waals surface area contributed by atoms with E-state index >= 15 is 0 Å². The zero-order valence-corrected chi connectivity index (χ0v) is 18.7. The molecule has 0 bridgehead atoms. The minimum Gasteiger partial charge on any atom is -0.462 e. The van der Waals surface area contributed by atoms with Crippen molar-refractivity contribution in [1.29, 1.82) is 0 Å². The Bertz CT molecular complexity index is 1380. The van der Waals surface area contributed by atoms with Gasteiger partial charge in [0.05, 0.1) is 17.7 Å². The Balaban J connectivity index is 1.59. The highest BCUT2D eigenvalue weighted by Gasteiger charge is 2.29. The van der Waals surface area contributed by atoms with E-state index in [-0.39, 0.29) is 30.5 Å². The van der Waals surface area contributed by atoms with Gasteiger partial charge >= 0.3 is 11.5 Å². The summed E-state index contributed by atoms with van der Waals surface area (Å²) in [5.41, 5.74) is 3.28. The van der Waals surface area contributed by atoms with Crippen molar-refractivity contribution < 1.29 is 14.4 Å². The van der Waals surface area contributed by atoms with Crippen molar-refractivity contribution in [3.8, 4) is 0 Å². The van der Waals surface area contributed by atoms with E-state index in [0.717, 1.165) is 23.1 Å². The molecule has 0 amide bonds. The molecule has 1 N–H and O–H groups in total. The fourth-order valence-corrected chi connectivity index (χ4v) is 4.34. The van der Waals surface area contributed by atoms with E-state index in [1.54, 1.807) is 13.1 Å². The lowest BCUT2D eigenvalue weighted by Crippen LogP contribution is -2.35. The Hall–Kier alpha value is -4.20. The minimum absolute atomic E-state index is 0.00877. The number of fused-ring (bicyclic) bond motifs is 2. The van der Waals surface area contributed by atoms with Gasteiger partial charge < -0.3 is 14.9 Å². The van der Waals surface area contributed by atoms with Crippen LogP contribution in [-0.4, -0.2) is 33.3 Å². The molecule has 1 aliphatic carbocycles. The molecular formula is C26H24N4O4. The minimum atomic E-state index is -0.715. The van der Waals surface area contributed by atoms with Gasteiger partial charge in [0.2, 0.25) is 0 Å². The van der Waals surface area contributed by atoms with Crippen LogP contribution in [0.5, 0.6) is 0 Å². The van der Waals surface area contributed by atoms with Gasteiger partial charge in [-0.25, -0.2) is 14.8 Å². The summed E-state index contributed by atoms with van der Waals surface area (Å²) >= 11 is 0. The largest absolute Gasteiger partial charge is 0.462 e. The highest BCUT2D eigenvalue weighted by Crippen LogP contribution is 2.29. The average molecular weight is 457 g/mol. The van der Waals surface area contributed by atoms with Crippen molar-refractivity contribution in [3.63, 3.8) is 0 Å². The number of hydrogen-bond acceptors (Lipinski definition) is 7. The summed E-state index contributed by atoms with van der Waals surface area (Å²) in [5.74, 6) is -0.715. The van der Waals surface area contributed by atoms with Crippen molar-refractivity contribution >= 4 is 22.7 Å². The van der Waals surface area contributed by atoms with Crippen LogP contribution in [0.2, 0.25) is 0 Å². The lowest BCUT2D eigenvalue weighted by atomic mass is 10.1. The van der Waals surface area contributed by atoms with Crippen molar-refractivity contribution in [1.82, 2.24) is 14.7 Å². The quantitative estimate of drug-likeness (QED) is 0.427. The molecule has 2 heterocycles. The van der Waals surface area contributed by atoms with Crippen LogP contribution in [0.15, 0.2) is 71.9 Å². The molecule has 0 unspecified atom stereocenters. The number of rotatable bonds is 7. The molecule has 0 atom stereocenters. The van der Waals surface area contributed by atoms with Crippen LogP contribution in [0.25, 0.3) is 11.0 Å². The first-order valence-corrected chi connectivity index (χ1v) is 11.2. The molecule has 2 aromatic heterocycles. The van der Waals surface area contributed by atoms with E-state index in [1.165, 1.54) is 17.5 Å². The van der Waals surface area contributed by atoms with Crippen molar-refractivity contribution in [3.05, 3.63) is 99.7 Å². The summed E-state index contributed by atoms with van der Waals surface area (Å²) in [4.78, 5) is 40.9. The molecule has 4 aromatic rings. The molecule has 1 aliphatic rings. The molecule has 8 heteroatoms. The monoisotopic (exact) mass is 456 g/mol. The Morgan fingerprint density at radius 2 is 1.79 bits per heavy atom. The second-order valence-electron chi connectivity index (χ2n) is 8.11. The van der Waals surface area contributed by atoms with Crippen LogP contribution in [0.1, 0.15) is 34.0 Å². The topological polar surface area (TPSA) is 95.3 Å². The number of anilines is 1. The van der Waals surface area contributed by atoms with Crippen LogP contribution in [0.4, 0.5) is 5.69 Å². The number of ether oxygens (including phenoxy) is 1. The van der Waals surface area contributed by atoms with Crippen LogP contribution >= 0.6 is 0 Å². The van der Waals surface area contributed by atoms with E-state index < -0.39 is 11.5 Å². The molecule has 172 valence electrons. The first-order chi connectivity index (χ1) is 16.7. The van der Waals surface area contributed by atoms with Gasteiger partial charge in [0.15, 0.2) is 11.2 Å². The van der Waals surface area contributed by atoms with Crippen LogP contribution < -0.4 is 15.7 Å². The SMILES string of the molecule is CCOC(=O)c1c(NC2Cc3ccccc3C2)c2cncnc2n(OCc2ccccc2)c1=O. The fourth-order valence-electron chi connectivity index (χ4n) is 4.34. The number of pyridine rings is 1. The number of carbonyl (C=O) groups is 1. The normalized spacial score (nSPS) is 13.0. The van der Waals surface area contributed by atoms with E-state index in [9.17, 15) is 9.59 Å². The third-order valence-corrected chi connectivity index (χ3v) is 5.88. The molecule has 8 nitrogen and oxygen atoms in total. The Morgan fingerprint density at radius 3 is 2.50 bits per heavy atom. The van der Waals surface area contributed by atoms with E-state index in [2.05, 4.69) is 27.4 Å². The molecular weight excluding hydrogens is 432 g/mol. The number of hydrogen-bond donors (Lipinski definition) is 1. The summed E-state index contributed by atoms with van der Waals surface area (Å²) < 4.78 is 6.31. The lowest BCUT2D eigenvalue weighted by Gasteiger charge is -2.20.